The monoisotopic (exact) mass is 196 g/mol. The van der Waals surface area contributed by atoms with Crippen LogP contribution in [0.15, 0.2) is 12.7 Å². The van der Waals surface area contributed by atoms with Crippen molar-refractivity contribution in [2.45, 2.75) is 32.4 Å². The van der Waals surface area contributed by atoms with Crippen LogP contribution < -0.4 is 5.32 Å². The smallest absolute Gasteiger partial charge is 0.245 e. The van der Waals surface area contributed by atoms with Crippen molar-refractivity contribution < 1.29 is 9.59 Å². The Hall–Kier alpha value is -1.32. The zero-order chi connectivity index (χ0) is 10.7. The van der Waals surface area contributed by atoms with Gasteiger partial charge in [0.2, 0.25) is 11.8 Å². The van der Waals surface area contributed by atoms with Crippen LogP contribution in [0, 0.1) is 0 Å². The maximum atomic E-state index is 11.7. The average Bonchev–Trinajstić information content (AvgIpc) is 2.15. The van der Waals surface area contributed by atoms with Crippen LogP contribution in [0.25, 0.3) is 0 Å². The van der Waals surface area contributed by atoms with Gasteiger partial charge in [-0.25, -0.2) is 0 Å². The van der Waals surface area contributed by atoms with Crippen molar-refractivity contribution in [2.75, 3.05) is 6.54 Å². The second kappa shape index (κ2) is 4.26. The van der Waals surface area contributed by atoms with Crippen molar-refractivity contribution in [3.05, 3.63) is 12.7 Å². The summed E-state index contributed by atoms with van der Waals surface area (Å²) in [5.74, 6) is -0.0971. The fourth-order valence-corrected chi connectivity index (χ4v) is 1.51. The Bertz CT molecular complexity index is 263. The Kier molecular flexibility index (Phi) is 3.28. The molecule has 0 aromatic heterocycles. The van der Waals surface area contributed by atoms with E-state index in [1.165, 1.54) is 0 Å². The molecule has 0 aliphatic carbocycles. The number of piperazine rings is 1. The van der Waals surface area contributed by atoms with Gasteiger partial charge in [-0.3, -0.25) is 9.59 Å². The quantitative estimate of drug-likeness (QED) is 0.660. The molecule has 1 heterocycles. The minimum Gasteiger partial charge on any atom is -0.343 e. The van der Waals surface area contributed by atoms with E-state index in [0.29, 0.717) is 6.54 Å². The molecule has 0 spiro atoms. The van der Waals surface area contributed by atoms with Gasteiger partial charge >= 0.3 is 0 Å². The first-order valence-corrected chi connectivity index (χ1v) is 4.79. The highest BCUT2D eigenvalue weighted by Gasteiger charge is 2.34. The maximum absolute atomic E-state index is 11.7. The third-order valence-electron chi connectivity index (χ3n) is 2.43. The van der Waals surface area contributed by atoms with Gasteiger partial charge in [0.05, 0.1) is 0 Å². The topological polar surface area (TPSA) is 49.4 Å². The Morgan fingerprint density at radius 2 is 2.14 bits per heavy atom. The summed E-state index contributed by atoms with van der Waals surface area (Å²) < 4.78 is 0. The van der Waals surface area contributed by atoms with Gasteiger partial charge < -0.3 is 10.2 Å². The zero-order valence-electron chi connectivity index (χ0n) is 8.62. The first kappa shape index (κ1) is 10.8. The van der Waals surface area contributed by atoms with Crippen LogP contribution in [0.5, 0.6) is 0 Å². The third-order valence-corrected chi connectivity index (χ3v) is 2.43. The van der Waals surface area contributed by atoms with Crippen molar-refractivity contribution in [3.8, 4) is 0 Å². The minimum atomic E-state index is -0.400. The molecule has 0 saturated carbocycles. The summed E-state index contributed by atoms with van der Waals surface area (Å²) in [6.07, 6.45) is 2.47. The number of carbonyl (C=O) groups excluding carboxylic acids is 2. The normalized spacial score (nSPS) is 27.4. The van der Waals surface area contributed by atoms with E-state index in [1.807, 2.05) is 0 Å². The summed E-state index contributed by atoms with van der Waals surface area (Å²) in [5, 5.41) is 2.63. The van der Waals surface area contributed by atoms with E-state index in [9.17, 15) is 9.59 Å². The molecule has 1 saturated heterocycles. The molecule has 1 fully saturated rings. The molecule has 2 amide bonds. The molecule has 0 bridgehead atoms. The van der Waals surface area contributed by atoms with E-state index in [2.05, 4.69) is 11.9 Å². The third kappa shape index (κ3) is 1.95. The summed E-state index contributed by atoms with van der Waals surface area (Å²) in [4.78, 5) is 24.7. The highest BCUT2D eigenvalue weighted by atomic mass is 16.2. The number of carbonyl (C=O) groups is 2. The lowest BCUT2D eigenvalue weighted by Gasteiger charge is -2.35. The molecule has 0 aromatic carbocycles. The molecule has 4 heteroatoms. The standard InChI is InChI=1S/C10H16N2O2/c1-4-5-6-12-8(3)9(13)11-7(2)10(12)14/h4,7-8H,1,5-6H2,2-3H3,(H,11,13). The summed E-state index contributed by atoms with van der Waals surface area (Å²) in [5.41, 5.74) is 0. The lowest BCUT2D eigenvalue weighted by atomic mass is 10.1. The van der Waals surface area contributed by atoms with Gasteiger partial charge in [0.15, 0.2) is 0 Å². The largest absolute Gasteiger partial charge is 0.343 e. The molecule has 14 heavy (non-hydrogen) atoms. The van der Waals surface area contributed by atoms with E-state index in [-0.39, 0.29) is 17.9 Å². The fourth-order valence-electron chi connectivity index (χ4n) is 1.51. The van der Waals surface area contributed by atoms with E-state index in [0.717, 1.165) is 6.42 Å². The van der Waals surface area contributed by atoms with Gasteiger partial charge in [0.25, 0.3) is 0 Å². The average molecular weight is 196 g/mol. The second-order valence-electron chi connectivity index (χ2n) is 3.52. The summed E-state index contributed by atoms with van der Waals surface area (Å²) in [7, 11) is 0. The molecule has 2 unspecified atom stereocenters. The molecule has 1 aliphatic heterocycles. The molecule has 78 valence electrons. The van der Waals surface area contributed by atoms with Gasteiger partial charge in [-0.2, -0.15) is 0 Å². The van der Waals surface area contributed by atoms with E-state index in [4.69, 9.17) is 0 Å². The van der Waals surface area contributed by atoms with E-state index < -0.39 is 6.04 Å². The van der Waals surface area contributed by atoms with Gasteiger partial charge in [0, 0.05) is 6.54 Å². The van der Waals surface area contributed by atoms with Crippen molar-refractivity contribution in [2.24, 2.45) is 0 Å². The molecule has 1 N–H and O–H groups in total. The van der Waals surface area contributed by atoms with Crippen LogP contribution in [0.4, 0.5) is 0 Å². The molecular weight excluding hydrogens is 180 g/mol. The van der Waals surface area contributed by atoms with Gasteiger partial charge in [-0.1, -0.05) is 6.08 Å². The van der Waals surface area contributed by atoms with E-state index >= 15 is 0 Å². The van der Waals surface area contributed by atoms with E-state index in [1.54, 1.807) is 24.8 Å². The summed E-state index contributed by atoms with van der Waals surface area (Å²) in [6, 6.07) is -0.762. The number of hydrogen-bond donors (Lipinski definition) is 1. The Balaban J connectivity index is 2.71. The number of nitrogens with one attached hydrogen (secondary N) is 1. The molecule has 4 nitrogen and oxygen atoms in total. The van der Waals surface area contributed by atoms with Crippen LogP contribution in [0.3, 0.4) is 0 Å². The van der Waals surface area contributed by atoms with Crippen LogP contribution in [-0.2, 0) is 9.59 Å². The molecular formula is C10H16N2O2. The van der Waals surface area contributed by atoms with Gasteiger partial charge in [-0.15, -0.1) is 6.58 Å². The van der Waals surface area contributed by atoms with Crippen LogP contribution in [0.1, 0.15) is 20.3 Å². The summed E-state index contributed by atoms with van der Waals surface area (Å²) in [6.45, 7) is 7.61. The second-order valence-corrected chi connectivity index (χ2v) is 3.52. The first-order valence-electron chi connectivity index (χ1n) is 4.79. The number of rotatable bonds is 3. The molecule has 0 aromatic rings. The van der Waals surface area contributed by atoms with Crippen molar-refractivity contribution in [3.63, 3.8) is 0 Å². The Morgan fingerprint density at radius 1 is 1.50 bits per heavy atom. The predicted molar refractivity (Wildman–Crippen MR) is 53.6 cm³/mol. The van der Waals surface area contributed by atoms with Crippen molar-refractivity contribution in [1.29, 1.82) is 0 Å². The maximum Gasteiger partial charge on any atom is 0.245 e. The Labute approximate surface area is 84.0 Å². The number of nitrogens with zero attached hydrogens (tertiary/aromatic N) is 1. The lowest BCUT2D eigenvalue weighted by Crippen LogP contribution is -2.61. The van der Waals surface area contributed by atoms with Crippen molar-refractivity contribution in [1.82, 2.24) is 10.2 Å². The lowest BCUT2D eigenvalue weighted by molar-refractivity contribution is -0.147. The van der Waals surface area contributed by atoms with Crippen molar-refractivity contribution >= 4 is 11.8 Å². The predicted octanol–water partition coefficient (Wildman–Crippen LogP) is 0.298. The first-order chi connectivity index (χ1) is 6.57. The van der Waals surface area contributed by atoms with Gasteiger partial charge in [0.1, 0.15) is 12.1 Å². The highest BCUT2D eigenvalue weighted by molar-refractivity contribution is 5.96. The SMILES string of the molecule is C=CCCN1C(=O)C(C)NC(=O)C1C. The molecule has 1 rings (SSSR count). The Morgan fingerprint density at radius 3 is 2.71 bits per heavy atom. The van der Waals surface area contributed by atoms with Crippen LogP contribution in [-0.4, -0.2) is 35.3 Å². The fraction of sp³-hybridized carbons (Fsp3) is 0.600. The zero-order valence-corrected chi connectivity index (χ0v) is 8.62. The number of amides is 2. The summed E-state index contributed by atoms with van der Waals surface area (Å²) >= 11 is 0. The number of hydrogen-bond acceptors (Lipinski definition) is 2. The van der Waals surface area contributed by atoms with Crippen LogP contribution in [0.2, 0.25) is 0 Å². The highest BCUT2D eigenvalue weighted by Crippen LogP contribution is 2.09. The van der Waals surface area contributed by atoms with Gasteiger partial charge in [-0.05, 0) is 20.3 Å². The molecule has 1 aliphatic rings. The molecule has 0 radical (unpaired) electrons. The van der Waals surface area contributed by atoms with Crippen LogP contribution >= 0.6 is 0 Å². The minimum absolute atomic E-state index is 0.0149. The molecule has 2 atom stereocenters.